The molecule has 6 N–H and O–H groups in total. The van der Waals surface area contributed by atoms with Crippen molar-refractivity contribution in [1.29, 1.82) is 0 Å². The summed E-state index contributed by atoms with van der Waals surface area (Å²) in [4.78, 5) is 170. The SMILES string of the molecule is C=CCOc1ccc(C[C@H](NC(=O)[C@H](Cc2ccc3ccccc3c2)NC(=O)[C@@H]2C[C@H](n3cc(COc4ccc(C[C@H](NC(=O)[C@H](Cc5ccc6ccccc6c5)NC(=O)[C@@H]5C[C@H](CC=C)CN5C(=O)[C@@H](NC(=O)[C@H](C)N(C)C(=O)OC(C)(C)C)C(C)(C)C)C(=O)OC(C)(C)C)cc4)nn3)CN2C(=O)[C@@H](NC(=O)[C@H](C)N(C)C(=O)OC(C)(C)C)C(C)(C)C)c2nnnn2C(c2ccccc2)(c2ccccc2)c2ccccc2)cc1. The van der Waals surface area contributed by atoms with Gasteiger partial charge in [-0.1, -0.05) is 266 Å². The molecule has 0 bridgehead atoms. The third-order valence-electron chi connectivity index (χ3n) is 26.6. The molecule has 2 fully saturated rings. The van der Waals surface area contributed by atoms with E-state index in [1.54, 1.807) is 156 Å². The van der Waals surface area contributed by atoms with Crippen LogP contribution >= 0.6 is 0 Å². The monoisotopic (exact) mass is 2030 g/mol. The van der Waals surface area contributed by atoms with Gasteiger partial charge in [0.25, 0.3) is 0 Å². The van der Waals surface area contributed by atoms with E-state index in [0.29, 0.717) is 40.3 Å². The number of likely N-dealkylation sites (N-methyl/N-ethyl adjacent to an activating group) is 2. The Kier molecular flexibility index (Phi) is 35.4. The lowest BCUT2D eigenvalue weighted by molar-refractivity contribution is -0.158. The molecule has 10 amide bonds. The summed E-state index contributed by atoms with van der Waals surface area (Å²) in [6, 6.07) is 57.6. The van der Waals surface area contributed by atoms with E-state index in [1.165, 1.54) is 37.7 Å². The van der Waals surface area contributed by atoms with Crippen LogP contribution in [0.15, 0.2) is 256 Å². The van der Waals surface area contributed by atoms with Crippen molar-refractivity contribution in [1.82, 2.24) is 86.7 Å². The Morgan fingerprint density at radius 2 is 0.846 bits per heavy atom. The fourth-order valence-electron chi connectivity index (χ4n) is 18.6. The Labute approximate surface area is 871 Å². The number of benzene rings is 9. The van der Waals surface area contributed by atoms with Crippen molar-refractivity contribution < 1.29 is 76.4 Å². The number of rotatable bonds is 39. The molecule has 0 radical (unpaired) electrons. The number of amides is 10. The molecule has 13 rings (SSSR count). The van der Waals surface area contributed by atoms with Gasteiger partial charge in [-0.15, -0.1) is 16.8 Å². The highest BCUT2D eigenvalue weighted by atomic mass is 16.6. The zero-order valence-electron chi connectivity index (χ0n) is 88.7. The number of tetrazole rings is 1. The van der Waals surface area contributed by atoms with E-state index >= 15 is 28.8 Å². The quantitative estimate of drug-likeness (QED) is 0.00902. The molecule has 0 unspecified atom stereocenters. The van der Waals surface area contributed by atoms with Gasteiger partial charge in [0.1, 0.15) is 107 Å². The predicted molar refractivity (Wildman–Crippen MR) is 568 cm³/mol. The standard InChI is InChI=1S/C116H141N17O16/c1-22-37-79-67-95(130(69-79)106(140)97(111(5,6)7)121-100(134)73(3)128(20)109(143)148-114(14,15)16)104(138)118-93(66-78-49-55-81-39-34-36-41-83(81)62-78)103(137)120-94(108(142)147-113(11,12)13)64-76-52-58-90(59-53-76)146-72-87-70-132(126-123-87)88-68-96(131(71-88)107(141)98(112(8,9)10)122-101(135)74(4)129(21)110(144)149-115(17,18)19)105(139)119-92(65-77-48-54-80-38-33-35-40-82(80)61-77)102(136)117-91(63-75-50-56-89(57-51-75)145-60-23-2)99-124-125-127-133(99)116(84-42-27-24-28-43-84,85-44-29-25-30-45-85)86-46-31-26-32-47-86/h22-36,38-59,61-62,70,73-74,79,88,91-98H,1-2,37,60,63-69,71-72H2,3-21H3,(H,117,136)(H,118,138)(H,119,139)(H,120,137)(H,121,134)(H,122,135)/t73-,74-,79-,88-,91-,92-,93-,94-,95-,96-,97+,98+/m0/s1. The minimum absolute atomic E-state index is 0.0576. The van der Waals surface area contributed by atoms with Gasteiger partial charge in [-0.2, -0.15) is 0 Å². The van der Waals surface area contributed by atoms with Gasteiger partial charge in [-0.25, -0.2) is 23.7 Å². The Morgan fingerprint density at radius 1 is 0.430 bits per heavy atom. The number of nitrogens with one attached hydrogen (secondary N) is 6. The first-order valence-corrected chi connectivity index (χ1v) is 50.6. The van der Waals surface area contributed by atoms with Crippen LogP contribution in [0.1, 0.15) is 200 Å². The Hall–Kier alpha value is -15.4. The van der Waals surface area contributed by atoms with Crippen LogP contribution in [-0.4, -0.2) is 225 Å². The number of likely N-dealkylation sites (tertiary alicyclic amines) is 2. The van der Waals surface area contributed by atoms with Gasteiger partial charge in [0.05, 0.1) is 18.3 Å². The number of aromatic nitrogens is 7. The lowest BCUT2D eigenvalue weighted by Crippen LogP contribution is -2.61. The second-order valence-corrected chi connectivity index (χ2v) is 43.8. The van der Waals surface area contributed by atoms with Gasteiger partial charge >= 0.3 is 18.2 Å². The molecular weight excluding hydrogens is 1890 g/mol. The summed E-state index contributed by atoms with van der Waals surface area (Å²) in [6.45, 7) is 36.9. The summed E-state index contributed by atoms with van der Waals surface area (Å²) in [5.41, 5.74) is -0.618. The zero-order valence-corrected chi connectivity index (χ0v) is 88.7. The molecule has 0 spiro atoms. The minimum atomic E-state index is -1.39. The average Bonchev–Trinajstić information content (AvgIpc) is 1.21. The van der Waals surface area contributed by atoms with E-state index in [1.807, 2.05) is 200 Å². The van der Waals surface area contributed by atoms with Crippen LogP contribution in [0.25, 0.3) is 21.5 Å². The number of carbonyl (C=O) groups is 11. The number of allylic oxidation sites excluding steroid dienone is 1. The molecule has 2 aliphatic rings. The number of carbonyl (C=O) groups excluding carboxylic acids is 11. The number of fused-ring (bicyclic) bond motifs is 2. The fraction of sp³-hybridized carbons (Fsp3) is 0.414. The Bertz CT molecular complexity index is 6490. The lowest BCUT2D eigenvalue weighted by Gasteiger charge is -2.37. The molecule has 12 atom stereocenters. The van der Waals surface area contributed by atoms with Gasteiger partial charge in [-0.3, -0.25) is 48.2 Å². The molecule has 0 aliphatic carbocycles. The molecule has 11 aromatic rings. The largest absolute Gasteiger partial charge is 0.490 e. The molecular formula is C116H141N17O16. The van der Waals surface area contributed by atoms with Crippen molar-refractivity contribution in [2.75, 3.05) is 33.8 Å². The molecule has 2 aromatic heterocycles. The predicted octanol–water partition coefficient (Wildman–Crippen LogP) is 15.0. The van der Waals surface area contributed by atoms with Crippen molar-refractivity contribution in [3.63, 3.8) is 0 Å². The summed E-state index contributed by atoms with van der Waals surface area (Å²) in [5, 5.41) is 45.3. The van der Waals surface area contributed by atoms with Gasteiger partial charge in [0.2, 0.25) is 47.3 Å². The summed E-state index contributed by atoms with van der Waals surface area (Å²) >= 11 is 0. The topological polar surface area (TPSA) is 393 Å². The molecule has 4 heterocycles. The highest BCUT2D eigenvalue weighted by Gasteiger charge is 2.51. The van der Waals surface area contributed by atoms with Crippen LogP contribution in [0.2, 0.25) is 0 Å². The number of nitrogens with zero attached hydrogens (tertiary/aromatic N) is 11. The van der Waals surface area contributed by atoms with Crippen LogP contribution in [-0.2, 0) is 95.2 Å². The molecule has 2 saturated heterocycles. The van der Waals surface area contributed by atoms with E-state index in [9.17, 15) is 24.0 Å². The summed E-state index contributed by atoms with van der Waals surface area (Å²) in [7, 11) is 2.86. The molecule has 33 nitrogen and oxygen atoms in total. The van der Waals surface area contributed by atoms with Crippen LogP contribution in [0.4, 0.5) is 9.59 Å². The smallest absolute Gasteiger partial charge is 0.410 e. The van der Waals surface area contributed by atoms with Crippen molar-refractivity contribution in [2.45, 2.75) is 258 Å². The Balaban J connectivity index is 0.785. The number of esters is 1. The van der Waals surface area contributed by atoms with E-state index in [2.05, 4.69) is 60.6 Å². The summed E-state index contributed by atoms with van der Waals surface area (Å²) in [5.74, 6) is -5.09. The van der Waals surface area contributed by atoms with Crippen molar-refractivity contribution in [3.8, 4) is 11.5 Å². The minimum Gasteiger partial charge on any atom is -0.490 e. The highest BCUT2D eigenvalue weighted by molar-refractivity contribution is 5.99. The van der Waals surface area contributed by atoms with Crippen LogP contribution < -0.4 is 41.4 Å². The number of ether oxygens (including phenoxy) is 5. The maximum Gasteiger partial charge on any atom is 0.410 e. The first-order valence-electron chi connectivity index (χ1n) is 50.6. The molecule has 0 saturated carbocycles. The lowest BCUT2D eigenvalue weighted by atomic mass is 9.77. The highest BCUT2D eigenvalue weighted by Crippen LogP contribution is 2.43. The summed E-state index contributed by atoms with van der Waals surface area (Å²) in [6.07, 6.45) is 3.89. The zero-order chi connectivity index (χ0) is 108. The van der Waals surface area contributed by atoms with E-state index in [-0.39, 0.29) is 76.6 Å². The maximum absolute atomic E-state index is 16.4. The molecule has 9 aromatic carbocycles. The number of hydrogen-bond donors (Lipinski definition) is 6. The fourth-order valence-corrected chi connectivity index (χ4v) is 18.6. The molecule has 33 heteroatoms. The molecule has 2 aliphatic heterocycles. The Morgan fingerprint density at radius 3 is 1.30 bits per heavy atom. The second-order valence-electron chi connectivity index (χ2n) is 43.8. The second kappa shape index (κ2) is 47.6. The van der Waals surface area contributed by atoms with E-state index in [4.69, 9.17) is 34.0 Å². The van der Waals surface area contributed by atoms with Crippen LogP contribution in [0, 0.1) is 16.7 Å². The molecule has 149 heavy (non-hydrogen) atoms. The van der Waals surface area contributed by atoms with E-state index in [0.717, 1.165) is 53.6 Å². The van der Waals surface area contributed by atoms with Gasteiger partial charge < -0.3 is 65.4 Å². The first kappa shape index (κ1) is 111. The average molecular weight is 2030 g/mol. The maximum atomic E-state index is 16.4. The number of hydrogen-bond acceptors (Lipinski definition) is 21. The van der Waals surface area contributed by atoms with Crippen molar-refractivity contribution in [2.24, 2.45) is 16.7 Å². The van der Waals surface area contributed by atoms with E-state index < -0.39 is 165 Å². The van der Waals surface area contributed by atoms with Gasteiger partial charge in [0.15, 0.2) is 5.82 Å². The van der Waals surface area contributed by atoms with Crippen molar-refractivity contribution >= 4 is 87.0 Å². The first-order chi connectivity index (χ1) is 70.6. The van der Waals surface area contributed by atoms with Crippen LogP contribution in [0.5, 0.6) is 11.5 Å². The summed E-state index contributed by atoms with van der Waals surface area (Å²) < 4.78 is 32.9. The molecule has 786 valence electrons. The van der Waals surface area contributed by atoms with Gasteiger partial charge in [0, 0.05) is 59.3 Å². The normalized spacial score (nSPS) is 16.6. The van der Waals surface area contributed by atoms with Crippen molar-refractivity contribution in [3.05, 3.63) is 306 Å². The van der Waals surface area contributed by atoms with Crippen LogP contribution in [0.3, 0.4) is 0 Å². The third-order valence-corrected chi connectivity index (χ3v) is 26.6. The third kappa shape index (κ3) is 28.3. The van der Waals surface area contributed by atoms with Gasteiger partial charge in [-0.05, 0) is 201 Å².